The van der Waals surface area contributed by atoms with Crippen LogP contribution in [0.3, 0.4) is 0 Å². The molecule has 106 valence electrons. The fourth-order valence-corrected chi connectivity index (χ4v) is 2.43. The average Bonchev–Trinajstić information content (AvgIpc) is 2.85. The van der Waals surface area contributed by atoms with Gasteiger partial charge in [0.25, 0.3) is 0 Å². The zero-order chi connectivity index (χ0) is 14.5. The van der Waals surface area contributed by atoms with E-state index in [-0.39, 0.29) is 36.3 Å². The van der Waals surface area contributed by atoms with E-state index in [9.17, 15) is 18.8 Å². The predicted molar refractivity (Wildman–Crippen MR) is 71.1 cm³/mol. The van der Waals surface area contributed by atoms with Gasteiger partial charge in [0.1, 0.15) is 12.4 Å². The van der Waals surface area contributed by atoms with E-state index in [1.54, 1.807) is 0 Å². The first-order chi connectivity index (χ1) is 9.58. The Balaban J connectivity index is 1.78. The quantitative estimate of drug-likeness (QED) is 0.774. The molecule has 0 aromatic heterocycles. The van der Waals surface area contributed by atoms with E-state index in [0.29, 0.717) is 5.56 Å². The zero-order valence-electron chi connectivity index (χ0n) is 10.5. The largest absolute Gasteiger partial charge is 0.447 e. The number of benzene rings is 1. The first-order valence-corrected chi connectivity index (χ1v) is 7.07. The maximum atomic E-state index is 12.7. The molecule has 0 bridgehead atoms. The van der Waals surface area contributed by atoms with Gasteiger partial charge in [0, 0.05) is 5.56 Å². The van der Waals surface area contributed by atoms with Gasteiger partial charge < -0.3 is 4.74 Å². The second-order valence-corrected chi connectivity index (χ2v) is 5.07. The van der Waals surface area contributed by atoms with Gasteiger partial charge >= 0.3 is 6.09 Å². The van der Waals surface area contributed by atoms with Gasteiger partial charge in [0.2, 0.25) is 5.91 Å². The predicted octanol–water partition coefficient (Wildman–Crippen LogP) is 1.72. The first kappa shape index (κ1) is 14.5. The van der Waals surface area contributed by atoms with Crippen LogP contribution in [0.1, 0.15) is 10.4 Å². The summed E-state index contributed by atoms with van der Waals surface area (Å²) in [5.41, 5.74) is 0.395. The van der Waals surface area contributed by atoms with E-state index >= 15 is 0 Å². The molecule has 0 unspecified atom stereocenters. The molecule has 1 heterocycles. The number of amides is 2. The third-order valence-corrected chi connectivity index (χ3v) is 3.60. The summed E-state index contributed by atoms with van der Waals surface area (Å²) in [6.45, 7) is 0.466. The molecule has 1 saturated heterocycles. The molecule has 1 aliphatic rings. The molecule has 2 rings (SSSR count). The third kappa shape index (κ3) is 3.57. The van der Waals surface area contributed by atoms with E-state index in [1.165, 1.54) is 24.3 Å². The summed E-state index contributed by atoms with van der Waals surface area (Å²) < 4.78 is 17.4. The van der Waals surface area contributed by atoms with Crippen molar-refractivity contribution in [3.63, 3.8) is 0 Å². The van der Waals surface area contributed by atoms with Crippen molar-refractivity contribution in [1.82, 2.24) is 4.90 Å². The minimum absolute atomic E-state index is 0.0298. The van der Waals surface area contributed by atoms with E-state index in [2.05, 4.69) is 4.74 Å². The summed E-state index contributed by atoms with van der Waals surface area (Å²) in [6.07, 6.45) is -0.638. The van der Waals surface area contributed by atoms with Crippen molar-refractivity contribution in [1.29, 1.82) is 0 Å². The van der Waals surface area contributed by atoms with Crippen LogP contribution >= 0.6 is 11.8 Å². The van der Waals surface area contributed by atoms with Crippen molar-refractivity contribution in [2.45, 2.75) is 0 Å². The Morgan fingerprint density at radius 3 is 2.55 bits per heavy atom. The van der Waals surface area contributed by atoms with Gasteiger partial charge in [-0.2, -0.15) is 0 Å². The number of cyclic esters (lactones) is 1. The van der Waals surface area contributed by atoms with Crippen molar-refractivity contribution >= 4 is 29.5 Å². The Hall–Kier alpha value is -1.89. The van der Waals surface area contributed by atoms with Gasteiger partial charge in [0.15, 0.2) is 5.78 Å². The number of ketones is 1. The smallest absolute Gasteiger partial charge is 0.416 e. The van der Waals surface area contributed by atoms with Crippen molar-refractivity contribution < 1.29 is 23.5 Å². The Kier molecular flexibility index (Phi) is 4.73. The highest BCUT2D eigenvalue weighted by molar-refractivity contribution is 8.00. The number of carbonyl (C=O) groups is 3. The molecular formula is C13H12FNO4S. The first-order valence-electron chi connectivity index (χ1n) is 5.91. The van der Waals surface area contributed by atoms with Crippen molar-refractivity contribution in [3.05, 3.63) is 35.6 Å². The Morgan fingerprint density at radius 1 is 1.25 bits per heavy atom. The molecule has 1 aromatic carbocycles. The second-order valence-electron chi connectivity index (χ2n) is 4.08. The van der Waals surface area contributed by atoms with Crippen molar-refractivity contribution in [2.75, 3.05) is 24.7 Å². The molecule has 0 radical (unpaired) electrons. The molecule has 0 spiro atoms. The Bertz CT molecular complexity index is 532. The summed E-state index contributed by atoms with van der Waals surface area (Å²) >= 11 is 1.12. The van der Waals surface area contributed by atoms with E-state index in [1.807, 2.05) is 0 Å². The number of hydrogen-bond donors (Lipinski definition) is 0. The lowest BCUT2D eigenvalue weighted by molar-refractivity contribution is -0.124. The van der Waals surface area contributed by atoms with Crippen LogP contribution in [0.4, 0.5) is 9.18 Å². The fourth-order valence-electron chi connectivity index (χ4n) is 1.65. The van der Waals surface area contributed by atoms with Crippen LogP contribution < -0.4 is 0 Å². The Morgan fingerprint density at radius 2 is 1.95 bits per heavy atom. The minimum Gasteiger partial charge on any atom is -0.447 e. The fraction of sp³-hybridized carbons (Fsp3) is 0.308. The van der Waals surface area contributed by atoms with Gasteiger partial charge in [-0.15, -0.1) is 11.8 Å². The van der Waals surface area contributed by atoms with Gasteiger partial charge in [-0.25, -0.2) is 14.1 Å². The number of hydrogen-bond acceptors (Lipinski definition) is 5. The van der Waals surface area contributed by atoms with Crippen molar-refractivity contribution in [3.8, 4) is 0 Å². The van der Waals surface area contributed by atoms with Gasteiger partial charge in [-0.3, -0.25) is 9.59 Å². The molecule has 1 aromatic rings. The highest BCUT2D eigenvalue weighted by Gasteiger charge is 2.27. The topological polar surface area (TPSA) is 63.7 Å². The molecule has 1 fully saturated rings. The van der Waals surface area contributed by atoms with Crippen LogP contribution in [0.2, 0.25) is 0 Å². The molecule has 2 amide bonds. The molecule has 0 aliphatic carbocycles. The molecule has 0 N–H and O–H groups in total. The lowest BCUT2D eigenvalue weighted by atomic mass is 10.1. The maximum absolute atomic E-state index is 12.7. The number of halogens is 1. The summed E-state index contributed by atoms with van der Waals surface area (Å²) in [4.78, 5) is 35.6. The van der Waals surface area contributed by atoms with Crippen LogP contribution in [0, 0.1) is 5.82 Å². The number of nitrogens with zero attached hydrogens (tertiary/aromatic N) is 1. The van der Waals surface area contributed by atoms with Crippen LogP contribution in [-0.4, -0.2) is 47.3 Å². The molecular weight excluding hydrogens is 285 g/mol. The SMILES string of the molecule is O=C(CSCC(=O)N1CCOC1=O)c1ccc(F)cc1. The van der Waals surface area contributed by atoms with Crippen LogP contribution in [0.15, 0.2) is 24.3 Å². The maximum Gasteiger partial charge on any atom is 0.416 e. The van der Waals surface area contributed by atoms with Gasteiger partial charge in [-0.1, -0.05) is 0 Å². The van der Waals surface area contributed by atoms with Crippen LogP contribution in [0.25, 0.3) is 0 Å². The average molecular weight is 297 g/mol. The number of rotatable bonds is 5. The van der Waals surface area contributed by atoms with Crippen LogP contribution in [-0.2, 0) is 9.53 Å². The van der Waals surface area contributed by atoms with E-state index in [4.69, 9.17) is 0 Å². The summed E-state index contributed by atoms with van der Waals surface area (Å²) in [6, 6.07) is 5.22. The normalized spacial score (nSPS) is 14.2. The van der Waals surface area contributed by atoms with E-state index < -0.39 is 11.9 Å². The highest BCUT2D eigenvalue weighted by Crippen LogP contribution is 2.11. The van der Waals surface area contributed by atoms with E-state index in [0.717, 1.165) is 16.7 Å². The van der Waals surface area contributed by atoms with Gasteiger partial charge in [0.05, 0.1) is 18.1 Å². The molecule has 7 heteroatoms. The lowest BCUT2D eigenvalue weighted by Gasteiger charge is -2.09. The summed E-state index contributed by atoms with van der Waals surface area (Å²) in [5.74, 6) is -0.837. The number of thioether (sulfide) groups is 1. The summed E-state index contributed by atoms with van der Waals surface area (Å²) in [5, 5.41) is 0. The standard InChI is InChI=1S/C13H12FNO4S/c14-10-3-1-9(2-4-10)11(16)7-20-8-12(17)15-5-6-19-13(15)18/h1-4H,5-8H2. The molecule has 0 saturated carbocycles. The lowest BCUT2D eigenvalue weighted by Crippen LogP contribution is -2.33. The molecule has 1 aliphatic heterocycles. The number of ether oxygens (including phenoxy) is 1. The zero-order valence-corrected chi connectivity index (χ0v) is 11.3. The molecule has 20 heavy (non-hydrogen) atoms. The monoisotopic (exact) mass is 297 g/mol. The van der Waals surface area contributed by atoms with Crippen molar-refractivity contribution in [2.24, 2.45) is 0 Å². The third-order valence-electron chi connectivity index (χ3n) is 2.69. The highest BCUT2D eigenvalue weighted by atomic mass is 32.2. The second kappa shape index (κ2) is 6.51. The van der Waals surface area contributed by atoms with Crippen LogP contribution in [0.5, 0.6) is 0 Å². The number of Topliss-reactive ketones (excluding diaryl/α,β-unsaturated/α-hetero) is 1. The van der Waals surface area contributed by atoms with Gasteiger partial charge in [-0.05, 0) is 24.3 Å². The molecule has 0 atom stereocenters. The summed E-state index contributed by atoms with van der Waals surface area (Å²) in [7, 11) is 0. The molecule has 5 nitrogen and oxygen atoms in total. The number of carbonyl (C=O) groups excluding carboxylic acids is 3. The minimum atomic E-state index is -0.638. The number of imide groups is 1. The Labute approximate surface area is 119 Å².